The number of hydrogen-bond donors (Lipinski definition) is 2. The minimum Gasteiger partial charge on any atom is -0.493 e. The van der Waals surface area contributed by atoms with E-state index in [9.17, 15) is 4.79 Å². The van der Waals surface area contributed by atoms with Crippen LogP contribution >= 0.6 is 11.6 Å². The van der Waals surface area contributed by atoms with Crippen LogP contribution in [0.3, 0.4) is 0 Å². The van der Waals surface area contributed by atoms with Gasteiger partial charge in [0.15, 0.2) is 0 Å². The van der Waals surface area contributed by atoms with Crippen LogP contribution < -0.4 is 15.4 Å². The van der Waals surface area contributed by atoms with Gasteiger partial charge in [0.25, 0.3) is 0 Å². The molecule has 1 aromatic carbocycles. The van der Waals surface area contributed by atoms with Gasteiger partial charge in [0, 0.05) is 11.6 Å². The molecular formula is C15H21ClN2O2. The first-order chi connectivity index (χ1) is 9.74. The van der Waals surface area contributed by atoms with E-state index in [-0.39, 0.29) is 5.91 Å². The Morgan fingerprint density at radius 2 is 2.20 bits per heavy atom. The van der Waals surface area contributed by atoms with Gasteiger partial charge in [-0.05, 0) is 56.1 Å². The van der Waals surface area contributed by atoms with E-state index in [1.54, 1.807) is 24.3 Å². The van der Waals surface area contributed by atoms with Gasteiger partial charge in [0.1, 0.15) is 5.75 Å². The smallest absolute Gasteiger partial charge is 0.223 e. The standard InChI is InChI=1S/C15H21ClN2O2/c16-13-3-5-14(6-4-13)20-9-7-15(19)18-11-12-2-1-8-17-10-12/h3-6,12,17H,1-2,7-11H2,(H,18,19). The summed E-state index contributed by atoms with van der Waals surface area (Å²) in [5.74, 6) is 1.34. The van der Waals surface area contributed by atoms with Gasteiger partial charge in [0.2, 0.25) is 5.91 Å². The molecule has 1 aromatic rings. The number of nitrogens with one attached hydrogen (secondary N) is 2. The topological polar surface area (TPSA) is 50.4 Å². The number of carbonyl (C=O) groups is 1. The molecule has 1 fully saturated rings. The van der Waals surface area contributed by atoms with Crippen molar-refractivity contribution in [2.24, 2.45) is 5.92 Å². The highest BCUT2D eigenvalue weighted by atomic mass is 35.5. The fourth-order valence-electron chi connectivity index (χ4n) is 2.24. The van der Waals surface area contributed by atoms with Crippen molar-refractivity contribution in [3.05, 3.63) is 29.3 Å². The second kappa shape index (κ2) is 8.12. The maximum atomic E-state index is 11.7. The van der Waals surface area contributed by atoms with Crippen molar-refractivity contribution in [2.45, 2.75) is 19.3 Å². The van der Waals surface area contributed by atoms with Crippen molar-refractivity contribution in [1.29, 1.82) is 0 Å². The second-order valence-electron chi connectivity index (χ2n) is 5.07. The summed E-state index contributed by atoms with van der Waals surface area (Å²) in [6.45, 7) is 3.24. The summed E-state index contributed by atoms with van der Waals surface area (Å²) in [6, 6.07) is 7.14. The van der Waals surface area contributed by atoms with E-state index >= 15 is 0 Å². The van der Waals surface area contributed by atoms with E-state index in [2.05, 4.69) is 10.6 Å². The van der Waals surface area contributed by atoms with Gasteiger partial charge in [-0.15, -0.1) is 0 Å². The number of carbonyl (C=O) groups excluding carboxylic acids is 1. The summed E-state index contributed by atoms with van der Waals surface area (Å²) < 4.78 is 5.49. The Morgan fingerprint density at radius 1 is 1.40 bits per heavy atom. The predicted molar refractivity (Wildman–Crippen MR) is 80.2 cm³/mol. The van der Waals surface area contributed by atoms with Gasteiger partial charge < -0.3 is 15.4 Å². The number of piperidine rings is 1. The van der Waals surface area contributed by atoms with E-state index in [1.807, 2.05) is 0 Å². The van der Waals surface area contributed by atoms with E-state index in [4.69, 9.17) is 16.3 Å². The van der Waals surface area contributed by atoms with Crippen LogP contribution in [0.5, 0.6) is 5.75 Å². The van der Waals surface area contributed by atoms with Crippen molar-refractivity contribution >= 4 is 17.5 Å². The lowest BCUT2D eigenvalue weighted by Crippen LogP contribution is -2.38. The molecular weight excluding hydrogens is 276 g/mol. The van der Waals surface area contributed by atoms with Gasteiger partial charge in [-0.2, -0.15) is 0 Å². The van der Waals surface area contributed by atoms with Crippen LogP contribution in [0.4, 0.5) is 0 Å². The molecule has 1 aliphatic heterocycles. The maximum absolute atomic E-state index is 11.7. The number of rotatable bonds is 6. The zero-order chi connectivity index (χ0) is 14.2. The molecule has 2 rings (SSSR count). The quantitative estimate of drug-likeness (QED) is 0.846. The Labute approximate surface area is 124 Å². The van der Waals surface area contributed by atoms with Crippen molar-refractivity contribution < 1.29 is 9.53 Å². The third kappa shape index (κ3) is 5.39. The van der Waals surface area contributed by atoms with Gasteiger partial charge in [0.05, 0.1) is 13.0 Å². The van der Waals surface area contributed by atoms with Gasteiger partial charge in [-0.3, -0.25) is 4.79 Å². The minimum atomic E-state index is 0.0459. The summed E-state index contributed by atoms with van der Waals surface area (Å²) in [6.07, 6.45) is 2.76. The Hall–Kier alpha value is -1.26. The molecule has 0 spiro atoms. The monoisotopic (exact) mass is 296 g/mol. The highest BCUT2D eigenvalue weighted by Crippen LogP contribution is 2.15. The molecule has 1 unspecified atom stereocenters. The van der Waals surface area contributed by atoms with Gasteiger partial charge in [-0.25, -0.2) is 0 Å². The van der Waals surface area contributed by atoms with Gasteiger partial charge in [-0.1, -0.05) is 11.6 Å². The van der Waals surface area contributed by atoms with Crippen LogP contribution in [0.15, 0.2) is 24.3 Å². The molecule has 1 saturated heterocycles. The van der Waals surface area contributed by atoms with E-state index in [0.717, 1.165) is 25.4 Å². The Kier molecular flexibility index (Phi) is 6.15. The summed E-state index contributed by atoms with van der Waals surface area (Å²) in [5, 5.41) is 6.99. The Morgan fingerprint density at radius 3 is 2.90 bits per heavy atom. The van der Waals surface area contributed by atoms with Crippen LogP contribution in [0.2, 0.25) is 5.02 Å². The number of benzene rings is 1. The van der Waals surface area contributed by atoms with E-state index < -0.39 is 0 Å². The Balaban J connectivity index is 1.58. The molecule has 1 heterocycles. The van der Waals surface area contributed by atoms with Crippen LogP contribution in [-0.4, -0.2) is 32.1 Å². The van der Waals surface area contributed by atoms with Crippen LogP contribution in [0.25, 0.3) is 0 Å². The van der Waals surface area contributed by atoms with Crippen molar-refractivity contribution in [2.75, 3.05) is 26.2 Å². The molecule has 0 aromatic heterocycles. The molecule has 4 nitrogen and oxygen atoms in total. The first-order valence-corrected chi connectivity index (χ1v) is 7.47. The van der Waals surface area contributed by atoms with Crippen molar-refractivity contribution in [1.82, 2.24) is 10.6 Å². The number of amides is 1. The minimum absolute atomic E-state index is 0.0459. The zero-order valence-corrected chi connectivity index (χ0v) is 12.3. The van der Waals surface area contributed by atoms with Crippen LogP contribution in [0.1, 0.15) is 19.3 Å². The SMILES string of the molecule is O=C(CCOc1ccc(Cl)cc1)NCC1CCCNC1. The number of halogens is 1. The van der Waals surface area contributed by atoms with E-state index in [0.29, 0.717) is 24.0 Å². The first-order valence-electron chi connectivity index (χ1n) is 7.10. The summed E-state index contributed by atoms with van der Waals surface area (Å²) >= 11 is 5.79. The average Bonchev–Trinajstić information content (AvgIpc) is 2.48. The van der Waals surface area contributed by atoms with Crippen molar-refractivity contribution in [3.63, 3.8) is 0 Å². The van der Waals surface area contributed by atoms with Crippen LogP contribution in [-0.2, 0) is 4.79 Å². The molecule has 0 radical (unpaired) electrons. The Bertz CT molecular complexity index is 416. The lowest BCUT2D eigenvalue weighted by molar-refractivity contribution is -0.121. The average molecular weight is 297 g/mol. The second-order valence-corrected chi connectivity index (χ2v) is 5.51. The molecule has 20 heavy (non-hydrogen) atoms. The van der Waals surface area contributed by atoms with Gasteiger partial charge >= 0.3 is 0 Å². The summed E-state index contributed by atoms with van der Waals surface area (Å²) in [5.41, 5.74) is 0. The molecule has 1 amide bonds. The van der Waals surface area contributed by atoms with E-state index in [1.165, 1.54) is 12.8 Å². The molecule has 1 aliphatic rings. The first kappa shape index (κ1) is 15.1. The summed E-state index contributed by atoms with van der Waals surface area (Å²) in [4.78, 5) is 11.7. The lowest BCUT2D eigenvalue weighted by atomic mass is 10.00. The molecule has 2 N–H and O–H groups in total. The lowest BCUT2D eigenvalue weighted by Gasteiger charge is -2.22. The van der Waals surface area contributed by atoms with Crippen LogP contribution in [0, 0.1) is 5.92 Å². The number of ether oxygens (including phenoxy) is 1. The molecule has 0 saturated carbocycles. The highest BCUT2D eigenvalue weighted by Gasteiger charge is 2.13. The molecule has 110 valence electrons. The molecule has 0 bridgehead atoms. The highest BCUT2D eigenvalue weighted by molar-refractivity contribution is 6.30. The largest absolute Gasteiger partial charge is 0.493 e. The number of hydrogen-bond acceptors (Lipinski definition) is 3. The normalized spacial score (nSPS) is 18.6. The maximum Gasteiger partial charge on any atom is 0.223 e. The third-order valence-electron chi connectivity index (χ3n) is 3.40. The fraction of sp³-hybridized carbons (Fsp3) is 0.533. The molecule has 1 atom stereocenters. The fourth-order valence-corrected chi connectivity index (χ4v) is 2.36. The predicted octanol–water partition coefficient (Wildman–Crippen LogP) is 2.22. The zero-order valence-electron chi connectivity index (χ0n) is 11.5. The molecule has 5 heteroatoms. The third-order valence-corrected chi connectivity index (χ3v) is 3.65. The summed E-state index contributed by atoms with van der Waals surface area (Å²) in [7, 11) is 0. The van der Waals surface area contributed by atoms with Crippen molar-refractivity contribution in [3.8, 4) is 5.75 Å². The molecule has 0 aliphatic carbocycles.